The van der Waals surface area contributed by atoms with Crippen LogP contribution in [0.3, 0.4) is 0 Å². The zero-order valence-electron chi connectivity index (χ0n) is 20.6. The third kappa shape index (κ3) is 5.70. The number of hydrogen-bond acceptors (Lipinski definition) is 6. The van der Waals surface area contributed by atoms with Crippen molar-refractivity contribution < 1.29 is 18.0 Å². The highest BCUT2D eigenvalue weighted by atomic mass is 35.5. The van der Waals surface area contributed by atoms with E-state index in [0.29, 0.717) is 28.8 Å². The monoisotopic (exact) mass is 569 g/mol. The number of alkyl halides is 3. The predicted molar refractivity (Wildman–Crippen MR) is 144 cm³/mol. The lowest BCUT2D eigenvalue weighted by molar-refractivity contribution is -0.183. The third-order valence-electron chi connectivity index (χ3n) is 6.29. The smallest absolute Gasteiger partial charge is 0.350 e. The molecule has 1 aromatic carbocycles. The number of likely N-dealkylation sites (tertiary alicyclic amines) is 1. The molecule has 1 aliphatic rings. The minimum atomic E-state index is -4.48. The summed E-state index contributed by atoms with van der Waals surface area (Å²) in [6.45, 7) is 4.17. The molecule has 8 nitrogen and oxygen atoms in total. The van der Waals surface area contributed by atoms with Crippen LogP contribution in [0.5, 0.6) is 0 Å². The summed E-state index contributed by atoms with van der Waals surface area (Å²) in [5.41, 5.74) is 7.62. The average molecular weight is 570 g/mol. The Morgan fingerprint density at radius 2 is 1.87 bits per heavy atom. The average Bonchev–Trinajstić information content (AvgIpc) is 3.43. The molecule has 13 heteroatoms. The summed E-state index contributed by atoms with van der Waals surface area (Å²) in [5.74, 6) is 0.0253. The van der Waals surface area contributed by atoms with Gasteiger partial charge in [0.25, 0.3) is 5.91 Å². The van der Waals surface area contributed by atoms with Crippen LogP contribution in [0.25, 0.3) is 28.1 Å². The molecule has 0 radical (unpaired) electrons. The van der Waals surface area contributed by atoms with Crippen LogP contribution in [0.2, 0.25) is 0 Å². The van der Waals surface area contributed by atoms with E-state index in [1.165, 1.54) is 27.6 Å². The standard InChI is InChI=1S/C25H26F3N7O.2ClH/c1-14(2)30-24(36)18-5-3-4-15-6-8-19(31-21(15)18)23-33-32-20-9-7-16(12-35(20)23)22(25(26,27)28)34-11-10-17(29)13-34;;/h3-9,12,14,17,22H,10-11,13,29H2,1-2H3,(H,30,36);2*1H/t17-,22+;;/m0../s1. The van der Waals surface area contributed by atoms with Crippen LogP contribution >= 0.6 is 24.8 Å². The molecule has 4 heterocycles. The number of nitrogens with one attached hydrogen (secondary N) is 1. The van der Waals surface area contributed by atoms with Gasteiger partial charge in [-0.05, 0) is 44.0 Å². The van der Waals surface area contributed by atoms with Crippen molar-refractivity contribution in [2.45, 2.75) is 44.6 Å². The van der Waals surface area contributed by atoms with Crippen LogP contribution in [0.4, 0.5) is 13.2 Å². The van der Waals surface area contributed by atoms with Crippen molar-refractivity contribution in [3.05, 3.63) is 59.8 Å². The minimum absolute atomic E-state index is 0. The number of para-hydroxylation sites is 1. The molecule has 0 unspecified atom stereocenters. The number of benzene rings is 1. The molecule has 0 bridgehead atoms. The van der Waals surface area contributed by atoms with E-state index >= 15 is 0 Å². The lowest BCUT2D eigenvalue weighted by Crippen LogP contribution is -2.38. The quantitative estimate of drug-likeness (QED) is 0.365. The van der Waals surface area contributed by atoms with Gasteiger partial charge >= 0.3 is 6.18 Å². The molecule has 1 saturated heterocycles. The van der Waals surface area contributed by atoms with Crippen molar-refractivity contribution in [2.75, 3.05) is 13.1 Å². The van der Waals surface area contributed by atoms with Gasteiger partial charge in [-0.25, -0.2) is 4.98 Å². The van der Waals surface area contributed by atoms with E-state index in [2.05, 4.69) is 20.5 Å². The van der Waals surface area contributed by atoms with Crippen LogP contribution in [0.15, 0.2) is 48.7 Å². The Labute approximate surface area is 229 Å². The van der Waals surface area contributed by atoms with Gasteiger partial charge in [-0.2, -0.15) is 13.2 Å². The van der Waals surface area contributed by atoms with Crippen LogP contribution in [0.1, 0.15) is 42.2 Å². The fourth-order valence-electron chi connectivity index (χ4n) is 4.70. The molecule has 0 saturated carbocycles. The second-order valence-electron chi connectivity index (χ2n) is 9.40. The van der Waals surface area contributed by atoms with Crippen LogP contribution in [-0.4, -0.2) is 61.7 Å². The SMILES string of the molecule is CC(C)NC(=O)c1cccc2ccc(-c3nnc4ccc([C@@H](N5CC[C@H](N)C5)C(F)(F)F)cn34)nc12.Cl.Cl. The highest BCUT2D eigenvalue weighted by Gasteiger charge is 2.46. The van der Waals surface area contributed by atoms with Crippen LogP contribution in [-0.2, 0) is 0 Å². The Morgan fingerprint density at radius 3 is 2.53 bits per heavy atom. The number of halogens is 5. The molecule has 1 amide bonds. The summed E-state index contributed by atoms with van der Waals surface area (Å²) in [6.07, 6.45) is -2.55. The van der Waals surface area contributed by atoms with Crippen molar-refractivity contribution in [3.63, 3.8) is 0 Å². The van der Waals surface area contributed by atoms with E-state index < -0.39 is 12.2 Å². The lowest BCUT2D eigenvalue weighted by Gasteiger charge is -2.30. The summed E-state index contributed by atoms with van der Waals surface area (Å²) in [4.78, 5) is 18.8. The Balaban J connectivity index is 0.00000200. The largest absolute Gasteiger partial charge is 0.408 e. The van der Waals surface area contributed by atoms with E-state index in [-0.39, 0.29) is 67.3 Å². The summed E-state index contributed by atoms with van der Waals surface area (Å²) in [7, 11) is 0. The fourth-order valence-corrected chi connectivity index (χ4v) is 4.70. The number of carbonyl (C=O) groups is 1. The number of nitrogens with zero attached hydrogens (tertiary/aromatic N) is 5. The highest BCUT2D eigenvalue weighted by Crippen LogP contribution is 2.39. The number of carbonyl (C=O) groups excluding carboxylic acids is 1. The first-order valence-electron chi connectivity index (χ1n) is 11.7. The van der Waals surface area contributed by atoms with Gasteiger partial charge in [0.2, 0.25) is 0 Å². The van der Waals surface area contributed by atoms with Crippen molar-refractivity contribution in [1.82, 2.24) is 29.8 Å². The van der Waals surface area contributed by atoms with Gasteiger partial charge in [-0.1, -0.05) is 24.3 Å². The van der Waals surface area contributed by atoms with Gasteiger partial charge in [-0.15, -0.1) is 35.0 Å². The first kappa shape index (κ1) is 29.6. The molecule has 2 atom stereocenters. The molecule has 1 fully saturated rings. The van der Waals surface area contributed by atoms with Crippen molar-refractivity contribution in [1.29, 1.82) is 0 Å². The second-order valence-corrected chi connectivity index (χ2v) is 9.40. The Hall–Kier alpha value is -2.99. The topological polar surface area (TPSA) is 101 Å². The van der Waals surface area contributed by atoms with Crippen molar-refractivity contribution in [3.8, 4) is 11.5 Å². The number of aromatic nitrogens is 4. The number of amides is 1. The van der Waals surface area contributed by atoms with Crippen molar-refractivity contribution >= 4 is 47.3 Å². The first-order chi connectivity index (χ1) is 17.1. The Bertz CT molecular complexity index is 1440. The van der Waals surface area contributed by atoms with Gasteiger partial charge in [0.15, 0.2) is 11.5 Å². The Kier molecular flexibility index (Phi) is 8.87. The number of nitrogens with two attached hydrogens (primary N) is 1. The minimum Gasteiger partial charge on any atom is -0.350 e. The maximum atomic E-state index is 14.1. The molecule has 1 aliphatic heterocycles. The molecular formula is C25H28Cl2F3N7O. The maximum absolute atomic E-state index is 14.1. The molecule has 3 aromatic heterocycles. The number of fused-ring (bicyclic) bond motifs is 2. The summed E-state index contributed by atoms with van der Waals surface area (Å²) < 4.78 is 43.9. The van der Waals surface area contributed by atoms with E-state index in [1.54, 1.807) is 24.3 Å². The molecular weight excluding hydrogens is 542 g/mol. The lowest BCUT2D eigenvalue weighted by atomic mass is 10.1. The molecule has 38 heavy (non-hydrogen) atoms. The summed E-state index contributed by atoms with van der Waals surface area (Å²) in [6, 6.07) is 9.64. The van der Waals surface area contributed by atoms with Crippen LogP contribution in [0, 0.1) is 0 Å². The zero-order valence-corrected chi connectivity index (χ0v) is 22.3. The van der Waals surface area contributed by atoms with Crippen molar-refractivity contribution in [2.24, 2.45) is 5.73 Å². The molecule has 3 N–H and O–H groups in total. The van der Waals surface area contributed by atoms with Gasteiger partial charge in [0.1, 0.15) is 11.7 Å². The Morgan fingerprint density at radius 1 is 1.11 bits per heavy atom. The highest BCUT2D eigenvalue weighted by molar-refractivity contribution is 6.05. The molecule has 5 rings (SSSR count). The van der Waals surface area contributed by atoms with E-state index in [0.717, 1.165) is 5.39 Å². The van der Waals surface area contributed by atoms with E-state index in [4.69, 9.17) is 5.73 Å². The summed E-state index contributed by atoms with van der Waals surface area (Å²) >= 11 is 0. The zero-order chi connectivity index (χ0) is 25.6. The molecule has 0 aliphatic carbocycles. The summed E-state index contributed by atoms with van der Waals surface area (Å²) in [5, 5.41) is 11.9. The maximum Gasteiger partial charge on any atom is 0.408 e. The number of rotatable bonds is 5. The van der Waals surface area contributed by atoms with Gasteiger partial charge in [0, 0.05) is 36.8 Å². The second kappa shape index (κ2) is 11.4. The molecule has 204 valence electrons. The van der Waals surface area contributed by atoms with Gasteiger partial charge in [0.05, 0.1) is 11.1 Å². The van der Waals surface area contributed by atoms with Gasteiger partial charge in [-0.3, -0.25) is 14.1 Å². The molecule has 0 spiro atoms. The molecule has 4 aromatic rings. The van der Waals surface area contributed by atoms with Gasteiger partial charge < -0.3 is 11.1 Å². The predicted octanol–water partition coefficient (Wildman–Crippen LogP) is 4.56. The number of hydrogen-bond donors (Lipinski definition) is 2. The van der Waals surface area contributed by atoms with Crippen LogP contribution < -0.4 is 11.1 Å². The number of pyridine rings is 2. The normalized spacial score (nSPS) is 16.9. The third-order valence-corrected chi connectivity index (χ3v) is 6.29. The first-order valence-corrected chi connectivity index (χ1v) is 11.7. The van der Waals surface area contributed by atoms with E-state index in [9.17, 15) is 18.0 Å². The van der Waals surface area contributed by atoms with E-state index in [1.807, 2.05) is 19.9 Å². The fraction of sp³-hybridized carbons (Fsp3) is 0.360.